The lowest BCUT2D eigenvalue weighted by atomic mass is 10.1. The molecule has 3 nitrogen and oxygen atoms in total. The van der Waals surface area contributed by atoms with Crippen molar-refractivity contribution in [3.63, 3.8) is 0 Å². The topological polar surface area (TPSA) is 35.5 Å². The van der Waals surface area contributed by atoms with E-state index in [-0.39, 0.29) is 5.92 Å². The number of rotatable bonds is 9. The first kappa shape index (κ1) is 20.3. The van der Waals surface area contributed by atoms with Crippen LogP contribution in [0.2, 0.25) is 0 Å². The van der Waals surface area contributed by atoms with Gasteiger partial charge in [-0.3, -0.25) is 4.79 Å². The van der Waals surface area contributed by atoms with Crippen LogP contribution < -0.4 is 9.47 Å². The Balaban J connectivity index is 1.94. The largest absolute Gasteiger partial charge is 0.494 e. The van der Waals surface area contributed by atoms with E-state index in [2.05, 4.69) is 6.92 Å². The minimum absolute atomic E-state index is 0.0335. The molecule has 0 aromatic heterocycles. The average molecular weight is 375 g/mol. The molecule has 4 heteroatoms. The highest BCUT2D eigenvalue weighted by Crippen LogP contribution is 2.25. The van der Waals surface area contributed by atoms with E-state index in [9.17, 15) is 4.79 Å². The van der Waals surface area contributed by atoms with E-state index in [0.29, 0.717) is 5.75 Å². The van der Waals surface area contributed by atoms with Crippen molar-refractivity contribution in [2.75, 3.05) is 6.61 Å². The van der Waals surface area contributed by atoms with E-state index in [1.54, 1.807) is 12.1 Å². The molecule has 0 amide bonds. The van der Waals surface area contributed by atoms with Gasteiger partial charge < -0.3 is 9.47 Å². The van der Waals surface area contributed by atoms with Crippen LogP contribution in [0, 0.1) is 5.92 Å². The van der Waals surface area contributed by atoms with Crippen LogP contribution >= 0.6 is 11.6 Å². The van der Waals surface area contributed by atoms with Gasteiger partial charge >= 0.3 is 5.97 Å². The maximum Gasteiger partial charge on any atom is 0.329 e. The fourth-order valence-corrected chi connectivity index (χ4v) is 2.49. The van der Waals surface area contributed by atoms with Gasteiger partial charge in [0.2, 0.25) is 0 Å². The number of esters is 1. The standard InChI is InChI=1S/C22H27ClO3/c1-4-5-6-15-25-19-11-7-17(8-12-19)18-9-13-20(14-10-18)26-22(24)21(23)16(2)3/h7-14,16,21H,4-6,15H2,1-3H3. The number of hydrogen-bond acceptors (Lipinski definition) is 3. The van der Waals surface area contributed by atoms with Crippen LogP contribution in [0.15, 0.2) is 48.5 Å². The first-order valence-electron chi connectivity index (χ1n) is 9.20. The molecule has 0 heterocycles. The molecular formula is C22H27ClO3. The fraction of sp³-hybridized carbons (Fsp3) is 0.409. The quantitative estimate of drug-likeness (QED) is 0.230. The summed E-state index contributed by atoms with van der Waals surface area (Å²) in [6.07, 6.45) is 3.46. The Morgan fingerprint density at radius 1 is 0.923 bits per heavy atom. The Bertz CT molecular complexity index is 678. The molecule has 0 N–H and O–H groups in total. The van der Waals surface area contributed by atoms with Crippen LogP contribution in [0.4, 0.5) is 0 Å². The molecule has 0 aliphatic heterocycles. The molecule has 0 saturated heterocycles. The van der Waals surface area contributed by atoms with Crippen molar-refractivity contribution in [2.24, 2.45) is 5.92 Å². The molecule has 2 aromatic carbocycles. The van der Waals surface area contributed by atoms with Crippen LogP contribution in [-0.4, -0.2) is 18.0 Å². The zero-order valence-electron chi connectivity index (χ0n) is 15.7. The Kier molecular flexibility index (Phi) is 7.99. The molecule has 0 bridgehead atoms. The van der Waals surface area contributed by atoms with Gasteiger partial charge in [-0.25, -0.2) is 0 Å². The smallest absolute Gasteiger partial charge is 0.329 e. The molecule has 26 heavy (non-hydrogen) atoms. The summed E-state index contributed by atoms with van der Waals surface area (Å²) in [5.74, 6) is 1.00. The normalized spacial score (nSPS) is 12.0. The summed E-state index contributed by atoms with van der Waals surface area (Å²) in [5.41, 5.74) is 2.13. The zero-order chi connectivity index (χ0) is 18.9. The Morgan fingerprint density at radius 3 is 1.96 bits per heavy atom. The minimum atomic E-state index is -0.639. The third-order valence-electron chi connectivity index (χ3n) is 4.09. The Hall–Kier alpha value is -2.00. The van der Waals surface area contributed by atoms with Gasteiger partial charge in [-0.15, -0.1) is 11.6 Å². The summed E-state index contributed by atoms with van der Waals surface area (Å²) in [4.78, 5) is 11.9. The van der Waals surface area contributed by atoms with E-state index in [1.165, 1.54) is 12.8 Å². The van der Waals surface area contributed by atoms with Gasteiger partial charge in [0, 0.05) is 0 Å². The maximum atomic E-state index is 11.9. The summed E-state index contributed by atoms with van der Waals surface area (Å²) in [6, 6.07) is 15.5. The monoisotopic (exact) mass is 374 g/mol. The SMILES string of the molecule is CCCCCOc1ccc(-c2ccc(OC(=O)C(Cl)C(C)C)cc2)cc1. The van der Waals surface area contributed by atoms with Crippen LogP contribution in [-0.2, 0) is 4.79 Å². The van der Waals surface area contributed by atoms with Crippen LogP contribution in [0.3, 0.4) is 0 Å². The van der Waals surface area contributed by atoms with Crippen molar-refractivity contribution < 1.29 is 14.3 Å². The van der Waals surface area contributed by atoms with Gasteiger partial charge in [0.25, 0.3) is 0 Å². The number of unbranched alkanes of at least 4 members (excludes halogenated alkanes) is 2. The maximum absolute atomic E-state index is 11.9. The van der Waals surface area contributed by atoms with E-state index in [0.717, 1.165) is 29.9 Å². The highest BCUT2D eigenvalue weighted by Gasteiger charge is 2.21. The summed E-state index contributed by atoms with van der Waals surface area (Å²) >= 11 is 6.03. The van der Waals surface area contributed by atoms with Gasteiger partial charge in [0.1, 0.15) is 16.9 Å². The molecule has 0 spiro atoms. The second-order valence-corrected chi connectivity index (χ2v) is 7.14. The number of benzene rings is 2. The number of carbonyl (C=O) groups is 1. The third kappa shape index (κ3) is 6.06. The van der Waals surface area contributed by atoms with E-state index >= 15 is 0 Å². The first-order valence-corrected chi connectivity index (χ1v) is 9.64. The predicted octanol–water partition coefficient (Wildman–Crippen LogP) is 6.09. The number of halogens is 1. The van der Waals surface area contributed by atoms with Gasteiger partial charge in [-0.05, 0) is 47.7 Å². The first-order chi connectivity index (χ1) is 12.5. The Morgan fingerprint density at radius 2 is 1.46 bits per heavy atom. The van der Waals surface area contributed by atoms with Crippen molar-refractivity contribution >= 4 is 17.6 Å². The van der Waals surface area contributed by atoms with Gasteiger partial charge in [-0.1, -0.05) is 57.9 Å². The van der Waals surface area contributed by atoms with Crippen molar-refractivity contribution in [2.45, 2.75) is 45.4 Å². The van der Waals surface area contributed by atoms with Crippen molar-refractivity contribution in [1.82, 2.24) is 0 Å². The van der Waals surface area contributed by atoms with Crippen LogP contribution in [0.5, 0.6) is 11.5 Å². The van der Waals surface area contributed by atoms with E-state index in [4.69, 9.17) is 21.1 Å². The molecule has 140 valence electrons. The molecule has 2 aromatic rings. The number of hydrogen-bond donors (Lipinski definition) is 0. The van der Waals surface area contributed by atoms with E-state index < -0.39 is 11.3 Å². The highest BCUT2D eigenvalue weighted by molar-refractivity contribution is 6.30. The van der Waals surface area contributed by atoms with Crippen molar-refractivity contribution in [3.05, 3.63) is 48.5 Å². The number of alkyl halides is 1. The molecule has 0 radical (unpaired) electrons. The third-order valence-corrected chi connectivity index (χ3v) is 4.77. The van der Waals surface area contributed by atoms with Crippen molar-refractivity contribution in [3.8, 4) is 22.6 Å². The van der Waals surface area contributed by atoms with Crippen LogP contribution in [0.25, 0.3) is 11.1 Å². The molecule has 0 aliphatic rings. The predicted molar refractivity (Wildman–Crippen MR) is 107 cm³/mol. The second kappa shape index (κ2) is 10.2. The van der Waals surface area contributed by atoms with Crippen LogP contribution in [0.1, 0.15) is 40.0 Å². The van der Waals surface area contributed by atoms with Gasteiger partial charge in [0.15, 0.2) is 0 Å². The summed E-state index contributed by atoms with van der Waals surface area (Å²) in [6.45, 7) is 6.71. The van der Waals surface area contributed by atoms with Crippen molar-refractivity contribution in [1.29, 1.82) is 0 Å². The highest BCUT2D eigenvalue weighted by atomic mass is 35.5. The fourth-order valence-electron chi connectivity index (χ4n) is 2.45. The average Bonchev–Trinajstić information content (AvgIpc) is 2.65. The summed E-state index contributed by atoms with van der Waals surface area (Å²) in [5, 5.41) is -0.639. The molecule has 0 saturated carbocycles. The lowest BCUT2D eigenvalue weighted by Crippen LogP contribution is -2.25. The summed E-state index contributed by atoms with van der Waals surface area (Å²) < 4.78 is 11.1. The van der Waals surface area contributed by atoms with Gasteiger partial charge in [0.05, 0.1) is 6.61 Å². The molecular weight excluding hydrogens is 348 g/mol. The second-order valence-electron chi connectivity index (χ2n) is 6.67. The summed E-state index contributed by atoms with van der Waals surface area (Å²) in [7, 11) is 0. The molecule has 0 fully saturated rings. The lowest BCUT2D eigenvalue weighted by molar-refractivity contribution is -0.134. The number of ether oxygens (including phenoxy) is 2. The zero-order valence-corrected chi connectivity index (χ0v) is 16.5. The molecule has 0 aliphatic carbocycles. The van der Waals surface area contributed by atoms with Gasteiger partial charge in [-0.2, -0.15) is 0 Å². The molecule has 2 rings (SSSR count). The molecule has 1 atom stereocenters. The van der Waals surface area contributed by atoms with E-state index in [1.807, 2.05) is 50.2 Å². The lowest BCUT2D eigenvalue weighted by Gasteiger charge is -2.12. The minimum Gasteiger partial charge on any atom is -0.494 e. The molecule has 1 unspecified atom stereocenters. The number of carbonyl (C=O) groups excluding carboxylic acids is 1. The Labute approximate surface area is 161 Å².